The van der Waals surface area contributed by atoms with E-state index in [0.717, 1.165) is 0 Å². The van der Waals surface area contributed by atoms with Gasteiger partial charge in [0.15, 0.2) is 9.84 Å². The van der Waals surface area contributed by atoms with Crippen LogP contribution in [0.4, 0.5) is 0 Å². The summed E-state index contributed by atoms with van der Waals surface area (Å²) < 4.78 is 83.5. The van der Waals surface area contributed by atoms with Crippen LogP contribution in [0.5, 0.6) is 0 Å². The summed E-state index contributed by atoms with van der Waals surface area (Å²) in [6, 6.07) is 0. The molecule has 11 nitrogen and oxygen atoms in total. The number of sulfonamides is 1. The lowest BCUT2D eigenvalue weighted by molar-refractivity contribution is -0.149. The van der Waals surface area contributed by atoms with Gasteiger partial charge in [0.05, 0.1) is 29.3 Å². The van der Waals surface area contributed by atoms with Crippen LogP contribution in [0, 0.1) is 5.92 Å². The Kier molecular flexibility index (Phi) is 7.14. The minimum Gasteiger partial charge on any atom is -0.466 e. The van der Waals surface area contributed by atoms with Gasteiger partial charge in [-0.3, -0.25) is 4.79 Å². The lowest BCUT2D eigenvalue weighted by Gasteiger charge is -2.38. The molecule has 2 atom stereocenters. The van der Waals surface area contributed by atoms with Crippen LogP contribution < -0.4 is 0 Å². The second kappa shape index (κ2) is 8.98. The summed E-state index contributed by atoms with van der Waals surface area (Å²) in [5, 5.41) is -0.960. The van der Waals surface area contributed by atoms with Gasteiger partial charge in [-0.05, 0) is 26.2 Å². The quantitative estimate of drug-likeness (QED) is 0.419. The Bertz CT molecular complexity index is 956. The first-order valence-electron chi connectivity index (χ1n) is 10.1. The maximum atomic E-state index is 13.0. The molecule has 0 N–H and O–H groups in total. The molecule has 174 valence electrons. The van der Waals surface area contributed by atoms with Crippen molar-refractivity contribution >= 4 is 36.0 Å². The average molecular weight is 488 g/mol. The van der Waals surface area contributed by atoms with E-state index < -0.39 is 47.2 Å². The topological polar surface area (TPSA) is 138 Å². The van der Waals surface area contributed by atoms with Crippen LogP contribution in [-0.2, 0) is 39.6 Å². The Balaban J connectivity index is 1.62. The Labute approximate surface area is 178 Å². The number of sulfone groups is 1. The fourth-order valence-electron chi connectivity index (χ4n) is 4.13. The summed E-state index contributed by atoms with van der Waals surface area (Å²) in [6.45, 7) is 2.23. The molecule has 3 saturated heterocycles. The molecule has 14 heteroatoms. The molecule has 0 aromatic heterocycles. The van der Waals surface area contributed by atoms with Crippen molar-refractivity contribution in [1.82, 2.24) is 12.9 Å². The molecule has 30 heavy (non-hydrogen) atoms. The number of rotatable bonds is 6. The molecule has 0 amide bonds. The van der Waals surface area contributed by atoms with E-state index in [1.54, 1.807) is 6.92 Å². The monoisotopic (exact) mass is 487 g/mol. The molecule has 3 fully saturated rings. The Morgan fingerprint density at radius 2 is 1.60 bits per heavy atom. The number of hydrogen-bond donors (Lipinski definition) is 0. The largest absolute Gasteiger partial charge is 0.466 e. The van der Waals surface area contributed by atoms with Crippen molar-refractivity contribution in [2.45, 2.75) is 31.4 Å². The lowest BCUT2D eigenvalue weighted by atomic mass is 10.0. The van der Waals surface area contributed by atoms with E-state index >= 15 is 0 Å². The number of carbonyl (C=O) groups is 1. The number of ether oxygens (including phenoxy) is 1. The van der Waals surface area contributed by atoms with Crippen LogP contribution in [-0.4, -0.2) is 107 Å². The summed E-state index contributed by atoms with van der Waals surface area (Å²) in [5.74, 6) is -1.42. The molecule has 0 aromatic rings. The highest BCUT2D eigenvalue weighted by Crippen LogP contribution is 2.26. The van der Waals surface area contributed by atoms with Crippen molar-refractivity contribution in [2.75, 3.05) is 57.4 Å². The number of esters is 1. The van der Waals surface area contributed by atoms with Crippen LogP contribution >= 0.6 is 0 Å². The van der Waals surface area contributed by atoms with E-state index in [1.807, 2.05) is 0 Å². The second-order valence-corrected chi connectivity index (χ2v) is 14.2. The Morgan fingerprint density at radius 1 is 0.967 bits per heavy atom. The summed E-state index contributed by atoms with van der Waals surface area (Å²) >= 11 is 0. The van der Waals surface area contributed by atoms with Gasteiger partial charge in [0.2, 0.25) is 10.0 Å². The molecule has 3 aliphatic rings. The maximum absolute atomic E-state index is 13.0. The van der Waals surface area contributed by atoms with Gasteiger partial charge in [-0.1, -0.05) is 0 Å². The second-order valence-electron chi connectivity index (χ2n) is 7.83. The smallest absolute Gasteiger partial charge is 0.310 e. The number of nitrogens with zero attached hydrogens (tertiary/aromatic N) is 3. The van der Waals surface area contributed by atoms with Gasteiger partial charge >= 0.3 is 5.97 Å². The fraction of sp³-hybridized carbons (Fsp3) is 0.938. The van der Waals surface area contributed by atoms with Crippen LogP contribution in [0.15, 0.2) is 0 Å². The molecule has 0 aliphatic carbocycles. The zero-order valence-electron chi connectivity index (χ0n) is 17.0. The van der Waals surface area contributed by atoms with Crippen molar-refractivity contribution in [3.8, 4) is 0 Å². The van der Waals surface area contributed by atoms with Gasteiger partial charge < -0.3 is 4.74 Å². The fourth-order valence-corrected chi connectivity index (χ4v) is 10.3. The Hall–Kier alpha value is -0.800. The predicted octanol–water partition coefficient (Wildman–Crippen LogP) is -1.36. The maximum Gasteiger partial charge on any atom is 0.310 e. The van der Waals surface area contributed by atoms with E-state index in [4.69, 9.17) is 4.74 Å². The minimum atomic E-state index is -3.83. The molecule has 0 spiro atoms. The summed E-state index contributed by atoms with van der Waals surface area (Å²) in [5.41, 5.74) is 0. The SMILES string of the molecule is CCOC(=O)[C@@H]1CCCN(S(=O)(=O)N2CCN(S(=O)(=O)[C@@H]3CCS(=O)(=O)C3)CC2)C1. The van der Waals surface area contributed by atoms with Crippen LogP contribution in [0.1, 0.15) is 26.2 Å². The van der Waals surface area contributed by atoms with Gasteiger partial charge in [0.25, 0.3) is 10.2 Å². The molecule has 3 heterocycles. The zero-order chi connectivity index (χ0) is 22.2. The predicted molar refractivity (Wildman–Crippen MR) is 109 cm³/mol. The standard InChI is InChI=1S/C16H29N3O8S3/c1-2-27-16(20)14-4-3-6-19(12-14)30(25,26)18-9-7-17(8-10-18)29(23,24)15-5-11-28(21,22)13-15/h14-15H,2-13H2,1H3/t14-,15-/m1/s1. The molecule has 0 saturated carbocycles. The lowest BCUT2D eigenvalue weighted by Crippen LogP contribution is -2.56. The minimum absolute atomic E-state index is 0.0123. The highest BCUT2D eigenvalue weighted by molar-refractivity contribution is 7.95. The van der Waals surface area contributed by atoms with E-state index in [-0.39, 0.29) is 57.3 Å². The van der Waals surface area contributed by atoms with Gasteiger partial charge in [-0.2, -0.15) is 21.3 Å². The normalized spacial score (nSPS) is 29.6. The average Bonchev–Trinajstić information content (AvgIpc) is 3.09. The van der Waals surface area contributed by atoms with Gasteiger partial charge in [-0.15, -0.1) is 0 Å². The third-order valence-electron chi connectivity index (χ3n) is 5.83. The molecular weight excluding hydrogens is 458 g/mol. The van der Waals surface area contributed by atoms with Crippen molar-refractivity contribution in [2.24, 2.45) is 5.92 Å². The van der Waals surface area contributed by atoms with Crippen molar-refractivity contribution in [3.05, 3.63) is 0 Å². The third-order valence-corrected chi connectivity index (χ3v) is 12.1. The summed E-state index contributed by atoms with van der Waals surface area (Å²) in [6.07, 6.45) is 1.20. The first kappa shape index (κ1) is 23.9. The van der Waals surface area contributed by atoms with Crippen LogP contribution in [0.2, 0.25) is 0 Å². The molecule has 3 aliphatic heterocycles. The van der Waals surface area contributed by atoms with Gasteiger partial charge in [0, 0.05) is 39.3 Å². The molecule has 0 aromatic carbocycles. The van der Waals surface area contributed by atoms with Gasteiger partial charge in [-0.25, -0.2) is 16.8 Å². The highest BCUT2D eigenvalue weighted by Gasteiger charge is 2.43. The summed E-state index contributed by atoms with van der Waals surface area (Å²) in [7, 11) is -11.0. The summed E-state index contributed by atoms with van der Waals surface area (Å²) in [4.78, 5) is 12.0. The highest BCUT2D eigenvalue weighted by atomic mass is 32.2. The number of hydrogen-bond acceptors (Lipinski definition) is 8. The first-order valence-corrected chi connectivity index (χ1v) is 14.8. The molecule has 0 unspecified atom stereocenters. The molecular formula is C16H29N3O8S3. The van der Waals surface area contributed by atoms with E-state index in [9.17, 15) is 30.0 Å². The molecule has 3 rings (SSSR count). The van der Waals surface area contributed by atoms with Gasteiger partial charge in [0.1, 0.15) is 0 Å². The molecule has 0 bridgehead atoms. The zero-order valence-corrected chi connectivity index (χ0v) is 19.4. The number of piperidine rings is 1. The van der Waals surface area contributed by atoms with E-state index in [0.29, 0.717) is 19.4 Å². The van der Waals surface area contributed by atoms with Crippen LogP contribution in [0.3, 0.4) is 0 Å². The number of carbonyl (C=O) groups excluding carboxylic acids is 1. The van der Waals surface area contributed by atoms with E-state index in [1.165, 1.54) is 12.9 Å². The van der Waals surface area contributed by atoms with E-state index in [2.05, 4.69) is 0 Å². The molecule has 0 radical (unpaired) electrons. The third kappa shape index (κ3) is 4.99. The number of piperazine rings is 1. The van der Waals surface area contributed by atoms with Crippen molar-refractivity contribution in [3.63, 3.8) is 0 Å². The van der Waals surface area contributed by atoms with Crippen molar-refractivity contribution < 1.29 is 34.8 Å². The van der Waals surface area contributed by atoms with Crippen LogP contribution in [0.25, 0.3) is 0 Å². The first-order chi connectivity index (χ1) is 14.0. The Morgan fingerprint density at radius 3 is 2.17 bits per heavy atom. The van der Waals surface area contributed by atoms with Crippen molar-refractivity contribution in [1.29, 1.82) is 0 Å².